The lowest BCUT2D eigenvalue weighted by molar-refractivity contribution is -0.254. The highest BCUT2D eigenvalue weighted by Gasteiger charge is 2.44. The fraction of sp³-hybridized carbons (Fsp3) is 0.700. The summed E-state index contributed by atoms with van der Waals surface area (Å²) >= 11 is 0. The molecule has 2 heterocycles. The molecule has 1 aliphatic heterocycles. The van der Waals surface area contributed by atoms with E-state index in [0.29, 0.717) is 0 Å². The number of methoxy groups -OCH3 is 1. The van der Waals surface area contributed by atoms with Gasteiger partial charge in [-0.25, -0.2) is 9.48 Å². The lowest BCUT2D eigenvalue weighted by Gasteiger charge is -2.39. The van der Waals surface area contributed by atoms with Crippen LogP contribution in [-0.2, 0) is 9.47 Å². The standard InChI is InChI=1S/C10H15N3O7/c1-19-10(18)4-2-13(12-11-4)9-8(17)7(16)6(15)5(3-14)20-9/h2,5-9,14-17H,3H2,1H3/t5-,6-,7+,8+,9-/m1/s1. The van der Waals surface area contributed by atoms with Crippen molar-refractivity contribution in [3.63, 3.8) is 0 Å². The molecule has 0 spiro atoms. The van der Waals surface area contributed by atoms with Gasteiger partial charge in [-0.3, -0.25) is 0 Å². The van der Waals surface area contributed by atoms with Crippen LogP contribution in [0.25, 0.3) is 0 Å². The Bertz CT molecular complexity index is 477. The number of esters is 1. The molecule has 0 aliphatic carbocycles. The summed E-state index contributed by atoms with van der Waals surface area (Å²) in [5.41, 5.74) is -0.107. The van der Waals surface area contributed by atoms with Crippen molar-refractivity contribution in [1.82, 2.24) is 15.0 Å². The van der Waals surface area contributed by atoms with E-state index in [1.807, 2.05) is 0 Å². The predicted octanol–water partition coefficient (Wildman–Crippen LogP) is -2.96. The molecule has 1 saturated heterocycles. The van der Waals surface area contributed by atoms with Gasteiger partial charge in [0.15, 0.2) is 11.9 Å². The second-order valence-electron chi connectivity index (χ2n) is 4.29. The van der Waals surface area contributed by atoms with Gasteiger partial charge >= 0.3 is 5.97 Å². The molecule has 0 aromatic carbocycles. The van der Waals surface area contributed by atoms with Gasteiger partial charge in [-0.1, -0.05) is 5.21 Å². The predicted molar refractivity (Wildman–Crippen MR) is 60.4 cm³/mol. The van der Waals surface area contributed by atoms with Crippen molar-refractivity contribution in [1.29, 1.82) is 0 Å². The SMILES string of the molecule is COC(=O)c1cn([C@@H]2O[C@H](CO)[C@@H](O)[C@H](O)[C@@H]2O)nn1. The Labute approximate surface area is 113 Å². The summed E-state index contributed by atoms with van der Waals surface area (Å²) in [6, 6.07) is 0. The molecule has 0 unspecified atom stereocenters. The van der Waals surface area contributed by atoms with Crippen LogP contribution in [-0.4, -0.2) is 79.5 Å². The summed E-state index contributed by atoms with van der Waals surface area (Å²) in [6.45, 7) is -0.556. The summed E-state index contributed by atoms with van der Waals surface area (Å²) < 4.78 is 10.7. The van der Waals surface area contributed by atoms with Crippen LogP contribution in [0.1, 0.15) is 16.7 Å². The Morgan fingerprint density at radius 1 is 1.40 bits per heavy atom. The molecule has 5 atom stereocenters. The van der Waals surface area contributed by atoms with Crippen molar-refractivity contribution in [2.24, 2.45) is 0 Å². The molecule has 20 heavy (non-hydrogen) atoms. The maximum Gasteiger partial charge on any atom is 0.360 e. The summed E-state index contributed by atoms with van der Waals surface area (Å²) in [4.78, 5) is 11.3. The average molecular weight is 289 g/mol. The third-order valence-electron chi connectivity index (χ3n) is 3.03. The Morgan fingerprint density at radius 3 is 2.70 bits per heavy atom. The third-order valence-corrected chi connectivity index (χ3v) is 3.03. The van der Waals surface area contributed by atoms with Gasteiger partial charge in [0, 0.05) is 0 Å². The van der Waals surface area contributed by atoms with Crippen LogP contribution < -0.4 is 0 Å². The molecule has 0 saturated carbocycles. The van der Waals surface area contributed by atoms with E-state index in [1.54, 1.807) is 0 Å². The van der Waals surface area contributed by atoms with Gasteiger partial charge in [0.2, 0.25) is 0 Å². The summed E-state index contributed by atoms with van der Waals surface area (Å²) in [5.74, 6) is -0.721. The van der Waals surface area contributed by atoms with Crippen molar-refractivity contribution in [3.05, 3.63) is 11.9 Å². The van der Waals surface area contributed by atoms with Gasteiger partial charge in [-0.05, 0) is 0 Å². The molecular weight excluding hydrogens is 274 g/mol. The van der Waals surface area contributed by atoms with Crippen molar-refractivity contribution in [3.8, 4) is 0 Å². The number of nitrogens with zero attached hydrogens (tertiary/aromatic N) is 3. The van der Waals surface area contributed by atoms with Gasteiger partial charge in [-0.15, -0.1) is 5.10 Å². The van der Waals surface area contributed by atoms with E-state index in [9.17, 15) is 20.1 Å². The highest BCUT2D eigenvalue weighted by atomic mass is 16.6. The number of carbonyl (C=O) groups excluding carboxylic acids is 1. The molecule has 1 aromatic rings. The largest absolute Gasteiger partial charge is 0.464 e. The number of rotatable bonds is 3. The Kier molecular flexibility index (Phi) is 4.30. The molecule has 1 aliphatic rings. The molecule has 0 bridgehead atoms. The number of aliphatic hydroxyl groups excluding tert-OH is 4. The van der Waals surface area contributed by atoms with Crippen LogP contribution in [0, 0.1) is 0 Å². The van der Waals surface area contributed by atoms with Crippen LogP contribution in [0.2, 0.25) is 0 Å². The topological polar surface area (TPSA) is 147 Å². The van der Waals surface area contributed by atoms with Crippen molar-refractivity contribution < 1.29 is 34.7 Å². The highest BCUT2D eigenvalue weighted by molar-refractivity contribution is 5.86. The van der Waals surface area contributed by atoms with E-state index in [2.05, 4.69) is 15.0 Å². The van der Waals surface area contributed by atoms with E-state index in [1.165, 1.54) is 13.3 Å². The molecule has 2 rings (SSSR count). The number of aliphatic hydroxyl groups is 4. The minimum absolute atomic E-state index is 0.107. The lowest BCUT2D eigenvalue weighted by Crippen LogP contribution is -2.56. The minimum Gasteiger partial charge on any atom is -0.464 e. The maximum absolute atomic E-state index is 11.3. The summed E-state index contributed by atoms with van der Waals surface area (Å²) in [6.07, 6.45) is -5.59. The molecule has 112 valence electrons. The summed E-state index contributed by atoms with van der Waals surface area (Å²) in [7, 11) is 1.18. The monoisotopic (exact) mass is 289 g/mol. The quantitative estimate of drug-likeness (QED) is 0.428. The van der Waals surface area contributed by atoms with Crippen LogP contribution in [0.4, 0.5) is 0 Å². The fourth-order valence-electron chi connectivity index (χ4n) is 1.90. The maximum atomic E-state index is 11.3. The van der Waals surface area contributed by atoms with Gasteiger partial charge in [0.05, 0.1) is 19.9 Å². The number of hydrogen-bond donors (Lipinski definition) is 4. The second-order valence-corrected chi connectivity index (χ2v) is 4.29. The van der Waals surface area contributed by atoms with Crippen LogP contribution in [0.5, 0.6) is 0 Å². The first-order valence-corrected chi connectivity index (χ1v) is 5.80. The van der Waals surface area contributed by atoms with E-state index in [-0.39, 0.29) is 5.69 Å². The molecule has 10 nitrogen and oxygen atoms in total. The zero-order valence-electron chi connectivity index (χ0n) is 10.5. The Morgan fingerprint density at radius 2 is 2.10 bits per heavy atom. The number of aromatic nitrogens is 3. The van der Waals surface area contributed by atoms with Crippen LogP contribution >= 0.6 is 0 Å². The molecular formula is C10H15N3O7. The lowest BCUT2D eigenvalue weighted by atomic mass is 9.98. The van der Waals surface area contributed by atoms with Gasteiger partial charge in [0.1, 0.15) is 24.4 Å². The molecule has 0 radical (unpaired) electrons. The normalized spacial score (nSPS) is 34.0. The van der Waals surface area contributed by atoms with E-state index in [0.717, 1.165) is 4.68 Å². The molecule has 0 amide bonds. The smallest absolute Gasteiger partial charge is 0.360 e. The molecule has 1 fully saturated rings. The first-order valence-electron chi connectivity index (χ1n) is 5.80. The number of carbonyl (C=O) groups is 1. The second kappa shape index (κ2) is 5.81. The first kappa shape index (κ1) is 14.8. The molecule has 1 aromatic heterocycles. The number of hydrogen-bond acceptors (Lipinski definition) is 9. The molecule has 10 heteroatoms. The van der Waals surface area contributed by atoms with Crippen molar-refractivity contribution >= 4 is 5.97 Å². The summed E-state index contributed by atoms with van der Waals surface area (Å²) in [5, 5.41) is 45.3. The third kappa shape index (κ3) is 2.51. The van der Waals surface area contributed by atoms with E-state index < -0.39 is 43.2 Å². The van der Waals surface area contributed by atoms with Crippen LogP contribution in [0.15, 0.2) is 6.20 Å². The van der Waals surface area contributed by atoms with Crippen molar-refractivity contribution in [2.45, 2.75) is 30.6 Å². The van der Waals surface area contributed by atoms with Gasteiger partial charge < -0.3 is 29.9 Å². The number of ether oxygens (including phenoxy) is 2. The highest BCUT2D eigenvalue weighted by Crippen LogP contribution is 2.27. The van der Waals surface area contributed by atoms with E-state index >= 15 is 0 Å². The average Bonchev–Trinajstić information content (AvgIpc) is 2.94. The van der Waals surface area contributed by atoms with Crippen LogP contribution in [0.3, 0.4) is 0 Å². The van der Waals surface area contributed by atoms with E-state index in [4.69, 9.17) is 9.84 Å². The van der Waals surface area contributed by atoms with Gasteiger partial charge in [-0.2, -0.15) is 0 Å². The Balaban J connectivity index is 2.22. The zero-order valence-corrected chi connectivity index (χ0v) is 10.5. The zero-order chi connectivity index (χ0) is 14.9. The molecule has 4 N–H and O–H groups in total. The fourth-order valence-corrected chi connectivity index (χ4v) is 1.90. The Hall–Kier alpha value is -1.59. The van der Waals surface area contributed by atoms with Gasteiger partial charge in [0.25, 0.3) is 0 Å². The van der Waals surface area contributed by atoms with Crippen molar-refractivity contribution in [2.75, 3.05) is 13.7 Å². The first-order chi connectivity index (χ1) is 9.49. The minimum atomic E-state index is -1.53.